The molecular weight excluding hydrogens is 276 g/mol. The van der Waals surface area contributed by atoms with Gasteiger partial charge < -0.3 is 14.2 Å². The number of ether oxygens (including phenoxy) is 1. The number of hydrogen-bond donors (Lipinski definition) is 0. The molecule has 1 aliphatic heterocycles. The van der Waals surface area contributed by atoms with Crippen LogP contribution in [0.15, 0.2) is 24.3 Å². The van der Waals surface area contributed by atoms with Gasteiger partial charge in [-0.1, -0.05) is 12.1 Å². The fraction of sp³-hybridized carbons (Fsp3) is 0.500. The Morgan fingerprint density at radius 2 is 2.00 bits per heavy atom. The molecule has 2 heterocycles. The summed E-state index contributed by atoms with van der Waals surface area (Å²) in [6, 6.07) is 8.93. The summed E-state index contributed by atoms with van der Waals surface area (Å²) in [7, 11) is 0. The van der Waals surface area contributed by atoms with Gasteiger partial charge in [0.05, 0.1) is 6.54 Å². The minimum Gasteiger partial charge on any atom is -0.444 e. The van der Waals surface area contributed by atoms with E-state index in [-0.39, 0.29) is 12.1 Å². The Kier molecular flexibility index (Phi) is 3.42. The number of fused-ring (bicyclic) bond motifs is 3. The normalized spacial score (nSPS) is 18.4. The summed E-state index contributed by atoms with van der Waals surface area (Å²) in [6.45, 7) is 11.3. The second-order valence-corrected chi connectivity index (χ2v) is 7.28. The van der Waals surface area contributed by atoms with E-state index in [9.17, 15) is 4.79 Å². The first kappa shape index (κ1) is 14.9. The van der Waals surface area contributed by atoms with Gasteiger partial charge in [-0.15, -0.1) is 0 Å². The van der Waals surface area contributed by atoms with E-state index in [4.69, 9.17) is 4.74 Å². The number of aryl methyl sites for hydroxylation is 1. The zero-order valence-corrected chi connectivity index (χ0v) is 14.0. The highest BCUT2D eigenvalue weighted by Crippen LogP contribution is 2.30. The summed E-state index contributed by atoms with van der Waals surface area (Å²) in [6.07, 6.45) is -0.230. The first-order valence-corrected chi connectivity index (χ1v) is 7.83. The number of rotatable bonds is 0. The maximum Gasteiger partial charge on any atom is 0.410 e. The second-order valence-electron chi connectivity index (χ2n) is 7.28. The number of aromatic nitrogens is 1. The number of hydrogen-bond acceptors (Lipinski definition) is 2. The minimum absolute atomic E-state index is 0.230. The maximum absolute atomic E-state index is 12.3. The van der Waals surface area contributed by atoms with Crippen molar-refractivity contribution in [2.75, 3.05) is 6.54 Å². The SMILES string of the molecule is Cc1ccc2cc3n(c2c1)C(C)CN(C(=O)OC(C)(C)C)C3. The van der Waals surface area contributed by atoms with Crippen molar-refractivity contribution in [1.29, 1.82) is 0 Å². The molecule has 1 amide bonds. The fourth-order valence-electron chi connectivity index (χ4n) is 3.16. The van der Waals surface area contributed by atoms with Crippen LogP contribution in [0.25, 0.3) is 10.9 Å². The summed E-state index contributed by atoms with van der Waals surface area (Å²) in [5.74, 6) is 0. The van der Waals surface area contributed by atoms with Gasteiger partial charge in [-0.3, -0.25) is 0 Å². The third kappa shape index (κ3) is 2.70. The van der Waals surface area contributed by atoms with Crippen molar-refractivity contribution in [3.8, 4) is 0 Å². The van der Waals surface area contributed by atoms with Gasteiger partial charge >= 0.3 is 6.09 Å². The Hall–Kier alpha value is -1.97. The zero-order chi connectivity index (χ0) is 16.1. The molecule has 4 nitrogen and oxygen atoms in total. The molecule has 4 heteroatoms. The maximum atomic E-state index is 12.3. The summed E-state index contributed by atoms with van der Waals surface area (Å²) in [5.41, 5.74) is 3.23. The van der Waals surface area contributed by atoms with Gasteiger partial charge in [0.15, 0.2) is 0 Å². The van der Waals surface area contributed by atoms with Crippen molar-refractivity contribution in [1.82, 2.24) is 9.47 Å². The van der Waals surface area contributed by atoms with Gasteiger partial charge in [-0.2, -0.15) is 0 Å². The molecule has 3 rings (SSSR count). The van der Waals surface area contributed by atoms with E-state index >= 15 is 0 Å². The number of benzene rings is 1. The monoisotopic (exact) mass is 300 g/mol. The summed E-state index contributed by atoms with van der Waals surface area (Å²) in [4.78, 5) is 14.1. The first-order chi connectivity index (χ1) is 10.2. The van der Waals surface area contributed by atoms with E-state index in [1.54, 1.807) is 4.90 Å². The number of carbonyl (C=O) groups excluding carboxylic acids is 1. The van der Waals surface area contributed by atoms with E-state index in [1.165, 1.54) is 22.2 Å². The van der Waals surface area contributed by atoms with Crippen molar-refractivity contribution in [3.63, 3.8) is 0 Å². The van der Waals surface area contributed by atoms with Crippen LogP contribution in [0, 0.1) is 6.92 Å². The van der Waals surface area contributed by atoms with E-state index in [0.29, 0.717) is 13.1 Å². The number of amides is 1. The molecule has 0 bridgehead atoms. The largest absolute Gasteiger partial charge is 0.444 e. The highest BCUT2D eigenvalue weighted by atomic mass is 16.6. The van der Waals surface area contributed by atoms with Crippen LogP contribution >= 0.6 is 0 Å². The third-order valence-electron chi connectivity index (χ3n) is 4.01. The summed E-state index contributed by atoms with van der Waals surface area (Å²) >= 11 is 0. The number of nitrogens with zero attached hydrogens (tertiary/aromatic N) is 2. The molecule has 0 aliphatic carbocycles. The first-order valence-electron chi connectivity index (χ1n) is 7.83. The predicted octanol–water partition coefficient (Wildman–Crippen LogP) is 4.26. The van der Waals surface area contributed by atoms with Crippen molar-refractivity contribution in [2.45, 2.75) is 52.8 Å². The molecule has 2 aromatic rings. The third-order valence-corrected chi connectivity index (χ3v) is 4.01. The predicted molar refractivity (Wildman–Crippen MR) is 88.0 cm³/mol. The molecule has 0 fully saturated rings. The Balaban J connectivity index is 1.93. The van der Waals surface area contributed by atoms with Crippen LogP contribution < -0.4 is 0 Å². The Morgan fingerprint density at radius 3 is 2.68 bits per heavy atom. The van der Waals surface area contributed by atoms with Crippen molar-refractivity contribution >= 4 is 17.0 Å². The molecule has 1 unspecified atom stereocenters. The van der Waals surface area contributed by atoms with Crippen molar-refractivity contribution in [3.05, 3.63) is 35.5 Å². The van der Waals surface area contributed by atoms with Crippen LogP contribution in [-0.4, -0.2) is 27.7 Å². The zero-order valence-electron chi connectivity index (χ0n) is 14.0. The van der Waals surface area contributed by atoms with Gasteiger partial charge in [0.25, 0.3) is 0 Å². The van der Waals surface area contributed by atoms with E-state index in [1.807, 2.05) is 20.8 Å². The van der Waals surface area contributed by atoms with E-state index in [0.717, 1.165) is 0 Å². The van der Waals surface area contributed by atoms with E-state index in [2.05, 4.69) is 42.7 Å². The lowest BCUT2D eigenvalue weighted by Gasteiger charge is -2.34. The van der Waals surface area contributed by atoms with Crippen LogP contribution in [0.4, 0.5) is 4.79 Å². The smallest absolute Gasteiger partial charge is 0.410 e. The molecule has 1 aromatic heterocycles. The molecular formula is C18H24N2O2. The molecule has 1 aromatic carbocycles. The van der Waals surface area contributed by atoms with Gasteiger partial charge in [-0.05, 0) is 57.7 Å². The Morgan fingerprint density at radius 1 is 1.27 bits per heavy atom. The van der Waals surface area contributed by atoms with Crippen molar-refractivity contribution in [2.24, 2.45) is 0 Å². The van der Waals surface area contributed by atoms with Gasteiger partial charge in [0.2, 0.25) is 0 Å². The molecule has 0 saturated heterocycles. The fourth-order valence-corrected chi connectivity index (χ4v) is 3.16. The molecule has 22 heavy (non-hydrogen) atoms. The molecule has 118 valence electrons. The van der Waals surface area contributed by atoms with Crippen molar-refractivity contribution < 1.29 is 9.53 Å². The highest BCUT2D eigenvalue weighted by molar-refractivity contribution is 5.82. The van der Waals surface area contributed by atoms with Gasteiger partial charge in [0.1, 0.15) is 5.60 Å². The topological polar surface area (TPSA) is 34.5 Å². The molecule has 1 aliphatic rings. The summed E-state index contributed by atoms with van der Waals surface area (Å²) < 4.78 is 7.86. The average molecular weight is 300 g/mol. The van der Waals surface area contributed by atoms with Gasteiger partial charge in [-0.25, -0.2) is 4.79 Å². The summed E-state index contributed by atoms with van der Waals surface area (Å²) in [5, 5.41) is 1.23. The minimum atomic E-state index is -0.457. The molecule has 0 saturated carbocycles. The molecule has 0 radical (unpaired) electrons. The number of carbonyl (C=O) groups is 1. The van der Waals surface area contributed by atoms with Crippen LogP contribution in [0.1, 0.15) is 45.0 Å². The van der Waals surface area contributed by atoms with Crippen LogP contribution in [0.2, 0.25) is 0 Å². The van der Waals surface area contributed by atoms with Gasteiger partial charge in [0, 0.05) is 23.8 Å². The molecule has 0 spiro atoms. The van der Waals surface area contributed by atoms with Crippen LogP contribution in [0.3, 0.4) is 0 Å². The lowest BCUT2D eigenvalue weighted by atomic mass is 10.2. The highest BCUT2D eigenvalue weighted by Gasteiger charge is 2.29. The molecule has 1 atom stereocenters. The lowest BCUT2D eigenvalue weighted by Crippen LogP contribution is -2.42. The van der Waals surface area contributed by atoms with Crippen LogP contribution in [0.5, 0.6) is 0 Å². The lowest BCUT2D eigenvalue weighted by molar-refractivity contribution is 0.0176. The average Bonchev–Trinajstić information content (AvgIpc) is 2.74. The standard InChI is InChI=1S/C18H24N2O2/c1-12-6-7-14-9-15-11-19(17(21)22-18(3,4)5)10-13(2)20(15)16(14)8-12/h6-9,13H,10-11H2,1-5H3. The Bertz CT molecular complexity index is 724. The molecule has 0 N–H and O–H groups in total. The van der Waals surface area contributed by atoms with E-state index < -0.39 is 5.60 Å². The Labute approximate surface area is 131 Å². The quantitative estimate of drug-likeness (QED) is 0.728. The second kappa shape index (κ2) is 5.04. The van der Waals surface area contributed by atoms with Crippen LogP contribution in [-0.2, 0) is 11.3 Å².